The topological polar surface area (TPSA) is 19.4 Å². The second-order valence-electron chi connectivity index (χ2n) is 5.01. The van der Waals surface area contributed by atoms with E-state index < -0.39 is 0 Å². The van der Waals surface area contributed by atoms with Crippen molar-refractivity contribution in [3.63, 3.8) is 0 Å². The maximum Gasteiger partial charge on any atom is 0.0946 e. The van der Waals surface area contributed by atoms with Gasteiger partial charge in [0, 0.05) is 38.5 Å². The first kappa shape index (κ1) is 13.7. The molecule has 1 aromatic carbocycles. The highest BCUT2D eigenvalue weighted by Gasteiger charge is 2.19. The van der Waals surface area contributed by atoms with Crippen molar-refractivity contribution in [1.82, 2.24) is 4.98 Å². The van der Waals surface area contributed by atoms with Gasteiger partial charge in [-0.05, 0) is 12.1 Å². The number of rotatable bonds is 4. The van der Waals surface area contributed by atoms with Gasteiger partial charge in [0.15, 0.2) is 0 Å². The van der Waals surface area contributed by atoms with E-state index in [1.165, 1.54) is 16.4 Å². The molecule has 0 atom stereocenters. The molecule has 5 heteroatoms. The molecule has 106 valence electrons. The minimum Gasteiger partial charge on any atom is -0.371 e. The molecule has 3 nitrogen and oxygen atoms in total. The highest BCUT2D eigenvalue weighted by atomic mass is 35.5. The van der Waals surface area contributed by atoms with Gasteiger partial charge in [-0.15, -0.1) is 22.9 Å². The molecule has 2 heterocycles. The summed E-state index contributed by atoms with van der Waals surface area (Å²) in [5.41, 5.74) is 3.64. The van der Waals surface area contributed by atoms with Crippen LogP contribution in [0.1, 0.15) is 10.7 Å². The first-order valence-corrected chi connectivity index (χ1v) is 8.23. The molecule has 0 N–H and O–H groups in total. The van der Waals surface area contributed by atoms with E-state index in [0.717, 1.165) is 31.7 Å². The van der Waals surface area contributed by atoms with Crippen molar-refractivity contribution in [2.24, 2.45) is 0 Å². The molecule has 0 fully saturated rings. The molecule has 0 saturated carbocycles. The number of hydrogen-bond donors (Lipinski definition) is 0. The second-order valence-corrected chi connectivity index (χ2v) is 6.22. The number of alkyl halides is 1. The highest BCUT2D eigenvalue weighted by molar-refractivity contribution is 7.09. The number of likely N-dealkylation sites (N-methyl/N-ethyl adjacent to an activating group) is 1. The molecule has 1 aliphatic heterocycles. The number of nitrogens with zero attached hydrogens (tertiary/aromatic N) is 3. The highest BCUT2D eigenvalue weighted by Crippen LogP contribution is 2.31. The number of anilines is 2. The van der Waals surface area contributed by atoms with Crippen LogP contribution < -0.4 is 9.80 Å². The van der Waals surface area contributed by atoms with Crippen molar-refractivity contribution in [3.8, 4) is 0 Å². The molecular weight excluding hydrogens is 290 g/mol. The monoisotopic (exact) mass is 307 g/mol. The Kier molecular flexibility index (Phi) is 4.13. The predicted molar refractivity (Wildman–Crippen MR) is 87.3 cm³/mol. The van der Waals surface area contributed by atoms with Crippen LogP contribution in [0.15, 0.2) is 29.6 Å². The van der Waals surface area contributed by atoms with Gasteiger partial charge in [0.2, 0.25) is 0 Å². The van der Waals surface area contributed by atoms with Crippen LogP contribution in [0.2, 0.25) is 0 Å². The summed E-state index contributed by atoms with van der Waals surface area (Å²) in [6, 6.07) is 8.61. The summed E-state index contributed by atoms with van der Waals surface area (Å²) in [5, 5.41) is 3.23. The van der Waals surface area contributed by atoms with E-state index in [-0.39, 0.29) is 0 Å². The van der Waals surface area contributed by atoms with Crippen LogP contribution in [0.4, 0.5) is 11.4 Å². The normalized spacial score (nSPS) is 14.5. The fraction of sp³-hybridized carbons (Fsp3) is 0.400. The Morgan fingerprint density at radius 2 is 2.05 bits per heavy atom. The summed E-state index contributed by atoms with van der Waals surface area (Å²) in [6.07, 6.45) is 0.986. The summed E-state index contributed by atoms with van der Waals surface area (Å²) >= 11 is 7.51. The minimum absolute atomic E-state index is 0.508. The lowest BCUT2D eigenvalue weighted by Gasteiger charge is -2.36. The number of aromatic nitrogens is 1. The number of hydrogen-bond acceptors (Lipinski definition) is 4. The van der Waals surface area contributed by atoms with Gasteiger partial charge in [-0.3, -0.25) is 0 Å². The first-order valence-electron chi connectivity index (χ1n) is 6.82. The smallest absolute Gasteiger partial charge is 0.0946 e. The third-order valence-electron chi connectivity index (χ3n) is 3.67. The van der Waals surface area contributed by atoms with Gasteiger partial charge in [0.25, 0.3) is 0 Å². The molecule has 2 aromatic rings. The van der Waals surface area contributed by atoms with Crippen molar-refractivity contribution >= 4 is 34.3 Å². The van der Waals surface area contributed by atoms with E-state index in [1.807, 2.05) is 0 Å². The van der Waals surface area contributed by atoms with Crippen molar-refractivity contribution in [2.45, 2.75) is 12.3 Å². The van der Waals surface area contributed by atoms with Gasteiger partial charge in [0.05, 0.1) is 28.0 Å². The zero-order chi connectivity index (χ0) is 13.9. The molecule has 0 aliphatic carbocycles. The third kappa shape index (κ3) is 2.76. The van der Waals surface area contributed by atoms with Crippen LogP contribution in [0.5, 0.6) is 0 Å². The van der Waals surface area contributed by atoms with Crippen molar-refractivity contribution < 1.29 is 0 Å². The van der Waals surface area contributed by atoms with Crippen LogP contribution in [0, 0.1) is 0 Å². The zero-order valence-corrected chi connectivity index (χ0v) is 13.1. The Morgan fingerprint density at radius 3 is 2.80 bits per heavy atom. The SMILES string of the molecule is CN1CCN(CCc2nc(CCl)cs2)c2ccccc21. The van der Waals surface area contributed by atoms with Gasteiger partial charge in [-0.2, -0.15) is 0 Å². The Hall–Kier alpha value is -1.26. The summed E-state index contributed by atoms with van der Waals surface area (Å²) in [6.45, 7) is 3.16. The molecule has 0 radical (unpaired) electrons. The first-order chi connectivity index (χ1) is 9.78. The lowest BCUT2D eigenvalue weighted by molar-refractivity contribution is 0.726. The van der Waals surface area contributed by atoms with Gasteiger partial charge in [0.1, 0.15) is 0 Å². The molecule has 1 aromatic heterocycles. The summed E-state index contributed by atoms with van der Waals surface area (Å²) in [7, 11) is 2.16. The molecule has 0 amide bonds. The van der Waals surface area contributed by atoms with Gasteiger partial charge >= 0.3 is 0 Å². The van der Waals surface area contributed by atoms with Crippen molar-refractivity contribution in [1.29, 1.82) is 0 Å². The average Bonchev–Trinajstić information content (AvgIpc) is 2.95. The van der Waals surface area contributed by atoms with Crippen LogP contribution in [0.25, 0.3) is 0 Å². The van der Waals surface area contributed by atoms with E-state index in [4.69, 9.17) is 11.6 Å². The van der Waals surface area contributed by atoms with Crippen LogP contribution in [-0.2, 0) is 12.3 Å². The summed E-state index contributed by atoms with van der Waals surface area (Å²) in [4.78, 5) is 9.31. The van der Waals surface area contributed by atoms with Crippen LogP contribution in [-0.4, -0.2) is 31.7 Å². The quantitative estimate of drug-likeness (QED) is 0.807. The van der Waals surface area contributed by atoms with E-state index in [9.17, 15) is 0 Å². The van der Waals surface area contributed by atoms with Gasteiger partial charge < -0.3 is 9.80 Å². The van der Waals surface area contributed by atoms with Gasteiger partial charge in [-0.1, -0.05) is 12.1 Å². The number of halogens is 1. The molecule has 0 bridgehead atoms. The van der Waals surface area contributed by atoms with Gasteiger partial charge in [-0.25, -0.2) is 4.98 Å². The standard InChI is InChI=1S/C15H18ClN3S/c1-18-8-9-19(14-5-3-2-4-13(14)18)7-6-15-17-12(10-16)11-20-15/h2-5,11H,6-10H2,1H3. The Balaban J connectivity index is 1.70. The molecule has 0 unspecified atom stereocenters. The maximum atomic E-state index is 5.80. The van der Waals surface area contributed by atoms with E-state index in [1.54, 1.807) is 11.3 Å². The average molecular weight is 308 g/mol. The number of benzene rings is 1. The zero-order valence-electron chi connectivity index (χ0n) is 11.6. The van der Waals surface area contributed by atoms with E-state index in [0.29, 0.717) is 5.88 Å². The number of para-hydroxylation sites is 2. The Bertz CT molecular complexity index is 584. The molecule has 20 heavy (non-hydrogen) atoms. The minimum atomic E-state index is 0.508. The van der Waals surface area contributed by atoms with E-state index in [2.05, 4.69) is 51.5 Å². The Morgan fingerprint density at radius 1 is 1.25 bits per heavy atom. The maximum absolute atomic E-state index is 5.80. The molecular formula is C15H18ClN3S. The summed E-state index contributed by atoms with van der Waals surface area (Å²) < 4.78 is 0. The molecule has 3 rings (SSSR count). The second kappa shape index (κ2) is 6.02. The van der Waals surface area contributed by atoms with Crippen molar-refractivity contribution in [3.05, 3.63) is 40.3 Å². The molecule has 0 spiro atoms. The van der Waals surface area contributed by atoms with Crippen LogP contribution >= 0.6 is 22.9 Å². The van der Waals surface area contributed by atoms with E-state index >= 15 is 0 Å². The largest absolute Gasteiger partial charge is 0.371 e. The third-order valence-corrected chi connectivity index (χ3v) is 4.90. The lowest BCUT2D eigenvalue weighted by atomic mass is 10.1. The Labute approximate surface area is 128 Å². The summed E-state index contributed by atoms with van der Waals surface area (Å²) in [5.74, 6) is 0.508. The predicted octanol–water partition coefficient (Wildman–Crippen LogP) is 3.38. The lowest BCUT2D eigenvalue weighted by Crippen LogP contribution is -2.40. The molecule has 1 aliphatic rings. The fourth-order valence-electron chi connectivity index (χ4n) is 2.55. The molecule has 0 saturated heterocycles. The number of fused-ring (bicyclic) bond motifs is 1. The number of thiazole rings is 1. The fourth-order valence-corrected chi connectivity index (χ4v) is 3.57. The van der Waals surface area contributed by atoms with Crippen molar-refractivity contribution in [2.75, 3.05) is 36.5 Å². The van der Waals surface area contributed by atoms with Crippen LogP contribution in [0.3, 0.4) is 0 Å².